The second-order valence-corrected chi connectivity index (χ2v) is 6.72. The summed E-state index contributed by atoms with van der Waals surface area (Å²) in [5.41, 5.74) is 1.19. The third-order valence-electron chi connectivity index (χ3n) is 4.21. The van der Waals surface area contributed by atoms with Gasteiger partial charge in [-0.05, 0) is 55.8 Å². The zero-order valence-electron chi connectivity index (χ0n) is 17.5. The van der Waals surface area contributed by atoms with Crippen molar-refractivity contribution in [3.05, 3.63) is 59.7 Å². The predicted molar refractivity (Wildman–Crippen MR) is 115 cm³/mol. The van der Waals surface area contributed by atoms with Crippen LogP contribution in [0.2, 0.25) is 0 Å². The summed E-state index contributed by atoms with van der Waals surface area (Å²) >= 11 is 0. The molecule has 0 saturated carbocycles. The van der Waals surface area contributed by atoms with Gasteiger partial charge in [-0.3, -0.25) is 14.4 Å². The predicted octanol–water partition coefficient (Wildman–Crippen LogP) is 3.04. The van der Waals surface area contributed by atoms with Gasteiger partial charge in [-0.25, -0.2) is 0 Å². The molecule has 31 heavy (non-hydrogen) atoms. The number of rotatable bonds is 10. The number of hydrogen-bond donors (Lipinski definition) is 2. The fourth-order valence-electron chi connectivity index (χ4n) is 2.49. The Kier molecular flexibility index (Phi) is 9.05. The smallest absolute Gasteiger partial charge is 0.326 e. The lowest BCUT2D eigenvalue weighted by molar-refractivity contribution is -0.152. The third-order valence-corrected chi connectivity index (χ3v) is 4.21. The Morgan fingerprint density at radius 3 is 2.55 bits per heavy atom. The topological polar surface area (TPSA) is 118 Å². The first kappa shape index (κ1) is 23.4. The molecule has 8 nitrogen and oxygen atoms in total. The molecule has 0 heterocycles. The van der Waals surface area contributed by atoms with Gasteiger partial charge in [0.05, 0.1) is 18.2 Å². The lowest BCUT2D eigenvalue weighted by Gasteiger charge is -2.14. The van der Waals surface area contributed by atoms with Crippen molar-refractivity contribution in [3.8, 4) is 11.8 Å². The van der Waals surface area contributed by atoms with E-state index in [9.17, 15) is 14.4 Å². The molecule has 0 fully saturated rings. The van der Waals surface area contributed by atoms with Crippen LogP contribution in [0.1, 0.15) is 42.6 Å². The summed E-state index contributed by atoms with van der Waals surface area (Å²) in [4.78, 5) is 36.3. The van der Waals surface area contributed by atoms with E-state index in [2.05, 4.69) is 17.6 Å². The number of carbonyl (C=O) groups is 3. The van der Waals surface area contributed by atoms with Crippen LogP contribution in [-0.4, -0.2) is 37.0 Å². The summed E-state index contributed by atoms with van der Waals surface area (Å²) in [7, 11) is 0. The first-order chi connectivity index (χ1) is 14.9. The molecule has 0 saturated heterocycles. The van der Waals surface area contributed by atoms with Gasteiger partial charge in [0.1, 0.15) is 12.3 Å². The normalized spacial score (nSPS) is 11.0. The number of amides is 2. The number of nitrogens with one attached hydrogen (secondary N) is 2. The van der Waals surface area contributed by atoms with Crippen LogP contribution in [0.3, 0.4) is 0 Å². The molecular weight excluding hydrogens is 398 g/mol. The largest absolute Gasteiger partial charge is 0.494 e. The SMILES string of the molecule is CCCCOc1ccc(C(=O)NCC(=O)O[C@@H](C)C(=O)Nc2cccc(C#N)c2)cc1. The van der Waals surface area contributed by atoms with E-state index in [1.807, 2.05) is 6.07 Å². The first-order valence-electron chi connectivity index (χ1n) is 9.94. The maximum absolute atomic E-state index is 12.2. The van der Waals surface area contributed by atoms with Crippen molar-refractivity contribution in [1.82, 2.24) is 5.32 Å². The number of unbranched alkanes of at least 4 members (excludes halogenated alkanes) is 1. The van der Waals surface area contributed by atoms with Crippen LogP contribution < -0.4 is 15.4 Å². The van der Waals surface area contributed by atoms with E-state index in [4.69, 9.17) is 14.7 Å². The Bertz CT molecular complexity index is 950. The van der Waals surface area contributed by atoms with Gasteiger partial charge in [0.15, 0.2) is 6.10 Å². The molecule has 2 N–H and O–H groups in total. The first-order valence-corrected chi connectivity index (χ1v) is 9.94. The molecule has 8 heteroatoms. The van der Waals surface area contributed by atoms with E-state index in [-0.39, 0.29) is 6.54 Å². The van der Waals surface area contributed by atoms with Gasteiger partial charge in [-0.2, -0.15) is 5.26 Å². The Labute approximate surface area is 181 Å². The number of anilines is 1. The molecule has 0 aromatic heterocycles. The van der Waals surface area contributed by atoms with Crippen LogP contribution in [0.25, 0.3) is 0 Å². The van der Waals surface area contributed by atoms with E-state index in [0.717, 1.165) is 12.8 Å². The minimum Gasteiger partial charge on any atom is -0.494 e. The molecule has 162 valence electrons. The van der Waals surface area contributed by atoms with Crippen LogP contribution in [-0.2, 0) is 14.3 Å². The Morgan fingerprint density at radius 2 is 1.87 bits per heavy atom. The number of nitrogens with zero attached hydrogens (tertiary/aromatic N) is 1. The Balaban J connectivity index is 1.77. The molecule has 0 aliphatic carbocycles. The molecule has 0 unspecified atom stereocenters. The summed E-state index contributed by atoms with van der Waals surface area (Å²) in [6.45, 7) is 3.72. The Morgan fingerprint density at radius 1 is 1.13 bits per heavy atom. The number of esters is 1. The minimum atomic E-state index is -1.07. The maximum atomic E-state index is 12.2. The second kappa shape index (κ2) is 12.0. The van der Waals surface area contributed by atoms with Crippen LogP contribution in [0, 0.1) is 11.3 Å². The third kappa shape index (κ3) is 7.82. The average Bonchev–Trinajstić information content (AvgIpc) is 2.78. The number of hydrogen-bond acceptors (Lipinski definition) is 6. The number of ether oxygens (including phenoxy) is 2. The second-order valence-electron chi connectivity index (χ2n) is 6.72. The van der Waals surface area contributed by atoms with Crippen molar-refractivity contribution in [3.63, 3.8) is 0 Å². The lowest BCUT2D eigenvalue weighted by atomic mass is 10.2. The highest BCUT2D eigenvalue weighted by Crippen LogP contribution is 2.13. The molecule has 0 aliphatic rings. The fourth-order valence-corrected chi connectivity index (χ4v) is 2.49. The quantitative estimate of drug-likeness (QED) is 0.448. The van der Waals surface area contributed by atoms with E-state index >= 15 is 0 Å². The molecule has 0 radical (unpaired) electrons. The van der Waals surface area contributed by atoms with Crippen LogP contribution >= 0.6 is 0 Å². The van der Waals surface area contributed by atoms with E-state index < -0.39 is 23.9 Å². The zero-order valence-corrected chi connectivity index (χ0v) is 17.5. The van der Waals surface area contributed by atoms with Crippen LogP contribution in [0.15, 0.2) is 48.5 Å². The number of benzene rings is 2. The van der Waals surface area contributed by atoms with Crippen molar-refractivity contribution in [2.45, 2.75) is 32.8 Å². The van der Waals surface area contributed by atoms with Crippen molar-refractivity contribution in [2.75, 3.05) is 18.5 Å². The Hall–Kier alpha value is -3.86. The van der Waals surface area contributed by atoms with Crippen molar-refractivity contribution in [2.24, 2.45) is 0 Å². The van der Waals surface area contributed by atoms with E-state index in [0.29, 0.717) is 29.2 Å². The highest BCUT2D eigenvalue weighted by atomic mass is 16.5. The molecule has 2 rings (SSSR count). The van der Waals surface area contributed by atoms with Gasteiger partial charge in [-0.15, -0.1) is 0 Å². The van der Waals surface area contributed by atoms with Crippen molar-refractivity contribution < 1.29 is 23.9 Å². The number of nitriles is 1. The molecular formula is C23H25N3O5. The van der Waals surface area contributed by atoms with Crippen molar-refractivity contribution >= 4 is 23.5 Å². The van der Waals surface area contributed by atoms with Gasteiger partial charge in [0.25, 0.3) is 11.8 Å². The summed E-state index contributed by atoms with van der Waals surface area (Å²) < 4.78 is 10.6. The zero-order chi connectivity index (χ0) is 22.6. The summed E-state index contributed by atoms with van der Waals surface area (Å²) in [5, 5.41) is 13.9. The van der Waals surface area contributed by atoms with Gasteiger partial charge in [-0.1, -0.05) is 19.4 Å². The summed E-state index contributed by atoms with van der Waals surface area (Å²) in [5.74, 6) is -1.07. The molecule has 2 aromatic rings. The highest BCUT2D eigenvalue weighted by Gasteiger charge is 2.18. The van der Waals surface area contributed by atoms with Gasteiger partial charge in [0, 0.05) is 11.3 Å². The summed E-state index contributed by atoms with van der Waals surface area (Å²) in [6.07, 6.45) is 0.910. The van der Waals surface area contributed by atoms with Gasteiger partial charge in [0.2, 0.25) is 0 Å². The molecule has 0 spiro atoms. The molecule has 1 atom stereocenters. The van der Waals surface area contributed by atoms with E-state index in [1.54, 1.807) is 42.5 Å². The standard InChI is InChI=1S/C23H25N3O5/c1-3-4-12-30-20-10-8-18(9-11-20)23(29)25-15-21(27)31-16(2)22(28)26-19-7-5-6-17(13-19)14-24/h5-11,13,16H,3-4,12,15H2,1-2H3,(H,25,29)(H,26,28)/t16-/m0/s1. The van der Waals surface area contributed by atoms with E-state index in [1.165, 1.54) is 13.0 Å². The number of carbonyl (C=O) groups excluding carboxylic acids is 3. The molecule has 0 aliphatic heterocycles. The van der Waals surface area contributed by atoms with Gasteiger partial charge < -0.3 is 20.1 Å². The van der Waals surface area contributed by atoms with Crippen LogP contribution in [0.4, 0.5) is 5.69 Å². The van der Waals surface area contributed by atoms with Crippen molar-refractivity contribution in [1.29, 1.82) is 5.26 Å². The molecule has 2 amide bonds. The van der Waals surface area contributed by atoms with Crippen LogP contribution in [0.5, 0.6) is 5.75 Å². The monoisotopic (exact) mass is 423 g/mol. The molecule has 0 bridgehead atoms. The highest BCUT2D eigenvalue weighted by molar-refractivity contribution is 5.97. The molecule has 2 aromatic carbocycles. The summed E-state index contributed by atoms with van der Waals surface area (Å²) in [6, 6.07) is 14.9. The maximum Gasteiger partial charge on any atom is 0.326 e. The average molecular weight is 423 g/mol. The minimum absolute atomic E-state index is 0.374. The lowest BCUT2D eigenvalue weighted by Crippen LogP contribution is -2.35. The fraction of sp³-hybridized carbons (Fsp3) is 0.304. The van der Waals surface area contributed by atoms with Gasteiger partial charge >= 0.3 is 5.97 Å².